The van der Waals surface area contributed by atoms with Gasteiger partial charge in [0.25, 0.3) is 0 Å². The van der Waals surface area contributed by atoms with Crippen molar-refractivity contribution in [2.75, 3.05) is 6.61 Å². The van der Waals surface area contributed by atoms with Crippen LogP contribution in [0.1, 0.15) is 98.3 Å². The van der Waals surface area contributed by atoms with E-state index in [2.05, 4.69) is 27.7 Å². The number of unbranched alkanes of at least 4 members (excludes halogenated alkanes) is 8. The van der Waals surface area contributed by atoms with Crippen LogP contribution < -0.4 is 0 Å². The van der Waals surface area contributed by atoms with Crippen LogP contribution in [0.5, 0.6) is 0 Å². The zero-order valence-electron chi connectivity index (χ0n) is 15.5. The van der Waals surface area contributed by atoms with Crippen molar-refractivity contribution in [3.63, 3.8) is 0 Å². The number of rotatable bonds is 16. The molecule has 0 bridgehead atoms. The summed E-state index contributed by atoms with van der Waals surface area (Å²) >= 11 is -2.20. The van der Waals surface area contributed by atoms with Gasteiger partial charge in [-0.15, -0.1) is 0 Å². The summed E-state index contributed by atoms with van der Waals surface area (Å²) in [5.41, 5.74) is 0. The van der Waals surface area contributed by atoms with Crippen LogP contribution in [-0.4, -0.2) is 25.4 Å². The normalized spacial score (nSPS) is 12.0. The van der Waals surface area contributed by atoms with Crippen LogP contribution in [0.3, 0.4) is 0 Å². The Labute approximate surface area is 140 Å². The van der Waals surface area contributed by atoms with Gasteiger partial charge in [0.15, 0.2) is 0 Å². The Balaban J connectivity index is 3.88. The molecule has 0 unspecified atom stereocenters. The molecule has 0 aliphatic heterocycles. The van der Waals surface area contributed by atoms with Crippen LogP contribution in [0.4, 0.5) is 0 Å². The first-order valence-electron chi connectivity index (χ1n) is 9.88. The molecule has 0 atom stereocenters. The average Bonchev–Trinajstić information content (AvgIpc) is 2.52. The molecule has 0 aromatic heterocycles. The Hall–Kier alpha value is 0.759. The van der Waals surface area contributed by atoms with Crippen molar-refractivity contribution in [3.8, 4) is 0 Å². The van der Waals surface area contributed by atoms with E-state index in [1.807, 2.05) is 0 Å². The van der Waals surface area contributed by atoms with Crippen LogP contribution in [0, 0.1) is 0 Å². The molecule has 0 saturated heterocycles. The van der Waals surface area contributed by atoms with Gasteiger partial charge in [0.2, 0.25) is 0 Å². The first-order chi connectivity index (χ1) is 10.2. The van der Waals surface area contributed by atoms with Gasteiger partial charge in [-0.1, -0.05) is 0 Å². The van der Waals surface area contributed by atoms with Crippen LogP contribution in [0.15, 0.2) is 0 Å². The predicted octanol–water partition coefficient (Wildman–Crippen LogP) is 7.32. The molecule has 0 aromatic rings. The fourth-order valence-electron chi connectivity index (χ4n) is 3.07. The summed E-state index contributed by atoms with van der Waals surface area (Å²) in [6.45, 7) is 10.4. The second-order valence-electron chi connectivity index (χ2n) is 6.71. The molecule has 0 aliphatic carbocycles. The molecule has 0 fully saturated rings. The first kappa shape index (κ1) is 21.8. The van der Waals surface area contributed by atoms with Crippen LogP contribution in [-0.2, 0) is 3.07 Å². The van der Waals surface area contributed by atoms with E-state index in [0.29, 0.717) is 0 Å². The molecule has 0 N–H and O–H groups in total. The van der Waals surface area contributed by atoms with E-state index in [9.17, 15) is 0 Å². The standard InChI is InChI=1S/C9H19O.2C4H9.C2H5.Sn/c1-2-3-4-5-6-7-8-9-10;2*1-3-4-2;1-2;/h2-9H2,1H3;2*1,3-4H2,2H3;1H2,2H3;/q-1;;;;+1. The Morgan fingerprint density at radius 3 is 1.52 bits per heavy atom. The monoisotopic (exact) mass is 406 g/mol. The van der Waals surface area contributed by atoms with Crippen molar-refractivity contribution in [2.24, 2.45) is 0 Å². The molecule has 0 saturated carbocycles. The van der Waals surface area contributed by atoms with Gasteiger partial charge in [-0.2, -0.15) is 0 Å². The summed E-state index contributed by atoms with van der Waals surface area (Å²) in [5.74, 6) is 0. The van der Waals surface area contributed by atoms with Crippen molar-refractivity contribution in [1.82, 2.24) is 0 Å². The molecule has 0 radical (unpaired) electrons. The number of hydrogen-bond acceptors (Lipinski definition) is 1. The Kier molecular flexibility index (Phi) is 16.2. The fourth-order valence-corrected chi connectivity index (χ4v) is 14.6. The van der Waals surface area contributed by atoms with E-state index in [0.717, 1.165) is 6.61 Å². The minimum atomic E-state index is -2.20. The minimum absolute atomic E-state index is 1.07. The maximum atomic E-state index is 6.62. The van der Waals surface area contributed by atoms with Gasteiger partial charge in [-0.05, 0) is 0 Å². The third kappa shape index (κ3) is 11.9. The van der Waals surface area contributed by atoms with Gasteiger partial charge in [-0.25, -0.2) is 0 Å². The van der Waals surface area contributed by atoms with E-state index in [1.165, 1.54) is 83.9 Å². The Morgan fingerprint density at radius 1 is 0.571 bits per heavy atom. The van der Waals surface area contributed by atoms with Crippen LogP contribution in [0.2, 0.25) is 13.3 Å². The van der Waals surface area contributed by atoms with E-state index in [4.69, 9.17) is 3.07 Å². The quantitative estimate of drug-likeness (QED) is 0.193. The van der Waals surface area contributed by atoms with E-state index < -0.39 is 18.8 Å². The van der Waals surface area contributed by atoms with Crippen LogP contribution >= 0.6 is 0 Å². The molecule has 2 heteroatoms. The third-order valence-corrected chi connectivity index (χ3v) is 18.0. The number of hydrogen-bond donors (Lipinski definition) is 0. The second-order valence-corrected chi connectivity index (χ2v) is 19.2. The SMILES string of the molecule is CCCCCCCCC[O][Sn]([CH2]C)([CH2]CCC)[CH2]CCC. The third-order valence-electron chi connectivity index (χ3n) is 4.77. The summed E-state index contributed by atoms with van der Waals surface area (Å²) in [6.07, 6.45) is 15.2. The van der Waals surface area contributed by atoms with E-state index >= 15 is 0 Å². The van der Waals surface area contributed by atoms with Gasteiger partial charge >= 0.3 is 140 Å². The molecule has 0 amide bonds. The topological polar surface area (TPSA) is 9.23 Å². The zero-order chi connectivity index (χ0) is 15.8. The molecule has 21 heavy (non-hydrogen) atoms. The van der Waals surface area contributed by atoms with Gasteiger partial charge in [-0.3, -0.25) is 0 Å². The van der Waals surface area contributed by atoms with Gasteiger partial charge in [0, 0.05) is 0 Å². The summed E-state index contributed by atoms with van der Waals surface area (Å²) in [6, 6.07) is 0. The van der Waals surface area contributed by atoms with E-state index in [1.54, 1.807) is 0 Å². The predicted molar refractivity (Wildman–Crippen MR) is 99.6 cm³/mol. The van der Waals surface area contributed by atoms with Gasteiger partial charge < -0.3 is 0 Å². The summed E-state index contributed by atoms with van der Waals surface area (Å²) in [5, 5.41) is 0. The first-order valence-corrected chi connectivity index (χ1v) is 17.1. The van der Waals surface area contributed by atoms with Crippen molar-refractivity contribution >= 4 is 18.8 Å². The molecule has 0 rings (SSSR count). The molecular weight excluding hydrogens is 363 g/mol. The summed E-state index contributed by atoms with van der Waals surface area (Å²) in [4.78, 5) is 0. The molecular formula is C19H42OSn. The van der Waals surface area contributed by atoms with Crippen molar-refractivity contribution in [3.05, 3.63) is 0 Å². The maximum absolute atomic E-state index is 6.62. The van der Waals surface area contributed by atoms with Gasteiger partial charge in [0.1, 0.15) is 0 Å². The van der Waals surface area contributed by atoms with Crippen molar-refractivity contribution < 1.29 is 3.07 Å². The van der Waals surface area contributed by atoms with Crippen LogP contribution in [0.25, 0.3) is 0 Å². The Morgan fingerprint density at radius 2 is 1.05 bits per heavy atom. The molecule has 0 aliphatic rings. The Bertz CT molecular complexity index is 198. The second kappa shape index (κ2) is 15.6. The zero-order valence-corrected chi connectivity index (χ0v) is 18.4. The summed E-state index contributed by atoms with van der Waals surface area (Å²) in [7, 11) is 0. The fraction of sp³-hybridized carbons (Fsp3) is 1.00. The molecule has 1 nitrogen and oxygen atoms in total. The van der Waals surface area contributed by atoms with E-state index in [-0.39, 0.29) is 0 Å². The molecule has 128 valence electrons. The molecule has 0 heterocycles. The van der Waals surface area contributed by atoms with Crippen molar-refractivity contribution in [1.29, 1.82) is 0 Å². The average molecular weight is 405 g/mol. The van der Waals surface area contributed by atoms with Gasteiger partial charge in [0.05, 0.1) is 0 Å². The van der Waals surface area contributed by atoms with Crippen molar-refractivity contribution in [2.45, 2.75) is 112 Å². The summed E-state index contributed by atoms with van der Waals surface area (Å²) < 4.78 is 11.0. The molecule has 0 spiro atoms. The molecule has 0 aromatic carbocycles.